The number of carbonyl (C=O) groups excluding carboxylic acids is 1. The maximum absolute atomic E-state index is 13.3. The molecule has 0 bridgehead atoms. The first kappa shape index (κ1) is 23.0. The highest BCUT2D eigenvalue weighted by molar-refractivity contribution is 5.92. The minimum Gasteiger partial charge on any atom is -0.336 e. The minimum atomic E-state index is -0.275. The van der Waals surface area contributed by atoms with Gasteiger partial charge in [0.25, 0.3) is 11.5 Å². The average Bonchev–Trinajstić information content (AvgIpc) is 3.35. The van der Waals surface area contributed by atoms with Gasteiger partial charge in [-0.25, -0.2) is 9.36 Å². The molecule has 5 rings (SSSR count). The van der Waals surface area contributed by atoms with Crippen molar-refractivity contribution in [2.45, 2.75) is 13.1 Å². The van der Waals surface area contributed by atoms with E-state index in [4.69, 9.17) is 5.10 Å². The van der Waals surface area contributed by atoms with E-state index in [1.807, 2.05) is 102 Å². The van der Waals surface area contributed by atoms with Crippen LogP contribution < -0.4 is 5.56 Å². The first-order valence-corrected chi connectivity index (χ1v) is 11.7. The van der Waals surface area contributed by atoms with Gasteiger partial charge in [-0.15, -0.1) is 0 Å². The molecule has 0 aliphatic carbocycles. The lowest BCUT2D eigenvalue weighted by Crippen LogP contribution is -2.31. The van der Waals surface area contributed by atoms with Crippen molar-refractivity contribution in [3.8, 4) is 16.9 Å². The Morgan fingerprint density at radius 1 is 0.806 bits per heavy atom. The number of rotatable bonds is 7. The van der Waals surface area contributed by atoms with Crippen molar-refractivity contribution >= 4 is 5.91 Å². The summed E-state index contributed by atoms with van der Waals surface area (Å²) in [6.07, 6.45) is 1.95. The Morgan fingerprint density at radius 3 is 2.14 bits per heavy atom. The summed E-state index contributed by atoms with van der Waals surface area (Å²) in [5.41, 5.74) is 4.51. The number of hydrogen-bond acceptors (Lipinski definition) is 4. The zero-order valence-corrected chi connectivity index (χ0v) is 19.9. The molecule has 0 atom stereocenters. The molecule has 0 aliphatic rings. The summed E-state index contributed by atoms with van der Waals surface area (Å²) in [4.78, 5) is 27.3. The first-order valence-electron chi connectivity index (χ1n) is 11.7. The smallest absolute Gasteiger partial charge is 0.274 e. The molecule has 0 aliphatic heterocycles. The number of hydrogen-bond donors (Lipinski definition) is 0. The molecule has 0 N–H and O–H groups in total. The topological polar surface area (TPSA) is 73.0 Å². The molecule has 2 aromatic heterocycles. The van der Waals surface area contributed by atoms with Crippen LogP contribution in [0.2, 0.25) is 0 Å². The SMILES string of the molecule is CN(Cc1cn(-c2ccccc2)nc1-c1ccccc1)C(=O)c1ccc(=O)n(Cc2ccccc2)n1. The van der Waals surface area contributed by atoms with Gasteiger partial charge in [0.2, 0.25) is 0 Å². The average molecular weight is 476 g/mol. The van der Waals surface area contributed by atoms with Gasteiger partial charge in [0, 0.05) is 37.0 Å². The van der Waals surface area contributed by atoms with Gasteiger partial charge >= 0.3 is 0 Å². The highest BCUT2D eigenvalue weighted by atomic mass is 16.2. The lowest BCUT2D eigenvalue weighted by Gasteiger charge is -2.17. The van der Waals surface area contributed by atoms with E-state index in [1.54, 1.807) is 11.9 Å². The summed E-state index contributed by atoms with van der Waals surface area (Å²) in [6, 6.07) is 32.2. The van der Waals surface area contributed by atoms with Crippen LogP contribution in [0.5, 0.6) is 0 Å². The molecular formula is C29H25N5O2. The fraction of sp³-hybridized carbons (Fsp3) is 0.103. The molecule has 0 spiro atoms. The third-order valence-electron chi connectivity index (χ3n) is 5.87. The molecule has 7 heteroatoms. The molecule has 0 radical (unpaired) electrons. The number of carbonyl (C=O) groups is 1. The molecule has 3 aromatic carbocycles. The fourth-order valence-electron chi connectivity index (χ4n) is 4.03. The Hall–Kier alpha value is -4.78. The van der Waals surface area contributed by atoms with Crippen LogP contribution in [0.15, 0.2) is 114 Å². The van der Waals surface area contributed by atoms with Crippen molar-refractivity contribution in [1.29, 1.82) is 0 Å². The molecule has 5 aromatic rings. The monoisotopic (exact) mass is 475 g/mol. The van der Waals surface area contributed by atoms with Crippen LogP contribution in [-0.2, 0) is 13.1 Å². The van der Waals surface area contributed by atoms with E-state index in [2.05, 4.69) is 5.10 Å². The van der Waals surface area contributed by atoms with Crippen LogP contribution in [0.1, 0.15) is 21.6 Å². The van der Waals surface area contributed by atoms with Crippen LogP contribution in [0.25, 0.3) is 16.9 Å². The summed E-state index contributed by atoms with van der Waals surface area (Å²) < 4.78 is 3.15. The first-order chi connectivity index (χ1) is 17.6. The second-order valence-electron chi connectivity index (χ2n) is 8.51. The Balaban J connectivity index is 1.43. The van der Waals surface area contributed by atoms with Crippen molar-refractivity contribution in [2.75, 3.05) is 7.05 Å². The number of para-hydroxylation sites is 1. The van der Waals surface area contributed by atoms with E-state index < -0.39 is 0 Å². The van der Waals surface area contributed by atoms with Gasteiger partial charge in [0.05, 0.1) is 17.9 Å². The Morgan fingerprint density at radius 2 is 1.44 bits per heavy atom. The maximum atomic E-state index is 13.3. The molecule has 0 saturated heterocycles. The maximum Gasteiger partial charge on any atom is 0.274 e. The quantitative estimate of drug-likeness (QED) is 0.349. The second kappa shape index (κ2) is 10.2. The zero-order valence-electron chi connectivity index (χ0n) is 19.9. The zero-order chi connectivity index (χ0) is 24.9. The number of nitrogens with zero attached hydrogens (tertiary/aromatic N) is 5. The van der Waals surface area contributed by atoms with Crippen LogP contribution in [-0.4, -0.2) is 37.4 Å². The van der Waals surface area contributed by atoms with E-state index >= 15 is 0 Å². The van der Waals surface area contributed by atoms with E-state index in [9.17, 15) is 9.59 Å². The van der Waals surface area contributed by atoms with Crippen LogP contribution in [0, 0.1) is 0 Å². The van der Waals surface area contributed by atoms with Crippen LogP contribution >= 0.6 is 0 Å². The molecule has 178 valence electrons. The molecular weight excluding hydrogens is 450 g/mol. The van der Waals surface area contributed by atoms with Crippen LogP contribution in [0.3, 0.4) is 0 Å². The van der Waals surface area contributed by atoms with E-state index in [1.165, 1.54) is 16.8 Å². The molecule has 0 unspecified atom stereocenters. The van der Waals surface area contributed by atoms with Crippen LogP contribution in [0.4, 0.5) is 0 Å². The molecule has 36 heavy (non-hydrogen) atoms. The van der Waals surface area contributed by atoms with E-state index in [0.29, 0.717) is 13.1 Å². The molecule has 7 nitrogen and oxygen atoms in total. The second-order valence-corrected chi connectivity index (χ2v) is 8.51. The highest BCUT2D eigenvalue weighted by Crippen LogP contribution is 2.25. The number of amides is 1. The fourth-order valence-corrected chi connectivity index (χ4v) is 4.03. The molecule has 0 fully saturated rings. The van der Waals surface area contributed by atoms with Gasteiger partial charge in [0.15, 0.2) is 0 Å². The van der Waals surface area contributed by atoms with Gasteiger partial charge in [0.1, 0.15) is 5.69 Å². The van der Waals surface area contributed by atoms with Gasteiger partial charge in [-0.3, -0.25) is 9.59 Å². The Kier molecular flexibility index (Phi) is 6.53. The standard InChI is InChI=1S/C29H25N5O2/c1-32(29(36)26-17-18-27(35)34(30-26)19-22-11-5-2-6-12-22)20-24-21-33(25-15-9-4-10-16-25)31-28(24)23-13-7-3-8-14-23/h2-18,21H,19-20H2,1H3. The summed E-state index contributed by atoms with van der Waals surface area (Å²) in [5, 5.41) is 9.18. The van der Waals surface area contributed by atoms with Crippen molar-refractivity contribution in [3.05, 3.63) is 136 Å². The van der Waals surface area contributed by atoms with Gasteiger partial charge in [-0.05, 0) is 23.8 Å². The predicted octanol–water partition coefficient (Wildman–Crippen LogP) is 4.42. The third kappa shape index (κ3) is 5.00. The van der Waals surface area contributed by atoms with Crippen molar-refractivity contribution < 1.29 is 4.79 Å². The third-order valence-corrected chi connectivity index (χ3v) is 5.87. The summed E-state index contributed by atoms with van der Waals surface area (Å²) in [5.74, 6) is -0.275. The predicted molar refractivity (Wildman–Crippen MR) is 139 cm³/mol. The highest BCUT2D eigenvalue weighted by Gasteiger charge is 2.19. The summed E-state index contributed by atoms with van der Waals surface area (Å²) in [7, 11) is 1.73. The van der Waals surface area contributed by atoms with E-state index in [-0.39, 0.29) is 17.2 Å². The number of benzene rings is 3. The van der Waals surface area contributed by atoms with Crippen molar-refractivity contribution in [2.24, 2.45) is 0 Å². The van der Waals surface area contributed by atoms with Gasteiger partial charge in [-0.1, -0.05) is 78.9 Å². The lowest BCUT2D eigenvalue weighted by atomic mass is 10.1. The molecule has 0 saturated carbocycles. The van der Waals surface area contributed by atoms with Gasteiger partial charge in [-0.2, -0.15) is 10.2 Å². The Bertz CT molecular complexity index is 1530. The van der Waals surface area contributed by atoms with E-state index in [0.717, 1.165) is 28.1 Å². The molecule has 2 heterocycles. The summed E-state index contributed by atoms with van der Waals surface area (Å²) >= 11 is 0. The minimum absolute atomic E-state index is 0.213. The lowest BCUT2D eigenvalue weighted by molar-refractivity contribution is 0.0776. The summed E-state index contributed by atoms with van der Waals surface area (Å²) in [6.45, 7) is 0.627. The largest absolute Gasteiger partial charge is 0.336 e. The molecule has 1 amide bonds. The normalized spacial score (nSPS) is 10.8. The van der Waals surface area contributed by atoms with Crippen molar-refractivity contribution in [1.82, 2.24) is 24.5 Å². The number of aromatic nitrogens is 4. The van der Waals surface area contributed by atoms with Crippen molar-refractivity contribution in [3.63, 3.8) is 0 Å². The Labute approximate surface area is 208 Å². The van der Waals surface area contributed by atoms with Gasteiger partial charge < -0.3 is 4.90 Å².